The highest BCUT2D eigenvalue weighted by molar-refractivity contribution is 7.13. The van der Waals surface area contributed by atoms with Gasteiger partial charge in [-0.2, -0.15) is 5.10 Å². The monoisotopic (exact) mass is 451 g/mol. The van der Waals surface area contributed by atoms with Crippen molar-refractivity contribution in [2.75, 3.05) is 32.9 Å². The summed E-state index contributed by atoms with van der Waals surface area (Å²) < 4.78 is 21.3. The number of rotatable bonds is 13. The number of nitrogens with zero attached hydrogens (tertiary/aromatic N) is 2. The van der Waals surface area contributed by atoms with Gasteiger partial charge in [-0.1, -0.05) is 0 Å². The summed E-state index contributed by atoms with van der Waals surface area (Å²) >= 11 is 1.31. The van der Waals surface area contributed by atoms with Gasteiger partial charge in [-0.15, -0.1) is 11.3 Å². The van der Waals surface area contributed by atoms with Crippen molar-refractivity contribution in [2.45, 2.75) is 26.2 Å². The fraction of sp³-hybridized carbons (Fsp3) is 0.400. The summed E-state index contributed by atoms with van der Waals surface area (Å²) in [6, 6.07) is 3.34. The highest BCUT2D eigenvalue weighted by Crippen LogP contribution is 2.33. The lowest BCUT2D eigenvalue weighted by Gasteiger charge is -2.13. The van der Waals surface area contributed by atoms with E-state index in [0.717, 1.165) is 0 Å². The molecule has 31 heavy (non-hydrogen) atoms. The summed E-state index contributed by atoms with van der Waals surface area (Å²) in [5, 5.41) is 15.1. The number of carbonyl (C=O) groups is 2. The van der Waals surface area contributed by atoms with E-state index < -0.39 is 5.97 Å². The van der Waals surface area contributed by atoms with E-state index in [1.165, 1.54) is 31.8 Å². The van der Waals surface area contributed by atoms with Gasteiger partial charge in [-0.25, -0.2) is 4.98 Å². The van der Waals surface area contributed by atoms with Crippen molar-refractivity contribution in [3.05, 3.63) is 28.8 Å². The maximum Gasteiger partial charge on any atom is 0.311 e. The Balaban J connectivity index is 2.04. The molecular formula is C20H25N3O7S. The van der Waals surface area contributed by atoms with E-state index in [1.54, 1.807) is 24.4 Å². The van der Waals surface area contributed by atoms with Crippen LogP contribution in [0.5, 0.6) is 17.2 Å². The zero-order chi connectivity index (χ0) is 22.6. The summed E-state index contributed by atoms with van der Waals surface area (Å²) in [7, 11) is 3.02. The lowest BCUT2D eigenvalue weighted by atomic mass is 10.2. The first-order valence-corrected chi connectivity index (χ1v) is 10.3. The van der Waals surface area contributed by atoms with Gasteiger partial charge >= 0.3 is 11.9 Å². The number of anilines is 1. The van der Waals surface area contributed by atoms with Crippen LogP contribution in [0, 0.1) is 0 Å². The van der Waals surface area contributed by atoms with Gasteiger partial charge < -0.3 is 24.1 Å². The summed E-state index contributed by atoms with van der Waals surface area (Å²) in [6.45, 7) is 2.33. The Hall–Kier alpha value is -3.34. The number of aliphatic carboxylic acids is 1. The minimum absolute atomic E-state index is 0.0307. The van der Waals surface area contributed by atoms with Gasteiger partial charge in [-0.3, -0.25) is 15.0 Å². The predicted octanol–water partition coefficient (Wildman–Crippen LogP) is 2.96. The summed E-state index contributed by atoms with van der Waals surface area (Å²) in [4.78, 5) is 26.4. The SMILES string of the molecule is CCOC(=O)Cc1csc(NN=Cc2c(OC)cc(OCCCC(=O)O)cc2OC)n1. The average Bonchev–Trinajstić information content (AvgIpc) is 3.18. The molecule has 10 nitrogen and oxygen atoms in total. The van der Waals surface area contributed by atoms with Crippen LogP contribution in [0.1, 0.15) is 31.0 Å². The molecule has 2 aromatic rings. The van der Waals surface area contributed by atoms with Gasteiger partial charge in [0.25, 0.3) is 0 Å². The number of thiazole rings is 1. The molecule has 0 fully saturated rings. The molecular weight excluding hydrogens is 426 g/mol. The Morgan fingerprint density at radius 3 is 2.58 bits per heavy atom. The van der Waals surface area contributed by atoms with Crippen LogP contribution in [-0.4, -0.2) is 55.7 Å². The molecule has 11 heteroatoms. The molecule has 1 aromatic heterocycles. The predicted molar refractivity (Wildman–Crippen MR) is 116 cm³/mol. The number of nitrogens with one attached hydrogen (secondary N) is 1. The van der Waals surface area contributed by atoms with Crippen molar-refractivity contribution in [3.8, 4) is 17.2 Å². The number of hydrazone groups is 1. The van der Waals surface area contributed by atoms with Crippen LogP contribution >= 0.6 is 11.3 Å². The number of hydrogen-bond donors (Lipinski definition) is 2. The first-order chi connectivity index (χ1) is 15.0. The van der Waals surface area contributed by atoms with Crippen molar-refractivity contribution in [2.24, 2.45) is 5.10 Å². The molecule has 0 unspecified atom stereocenters. The van der Waals surface area contributed by atoms with E-state index in [2.05, 4.69) is 15.5 Å². The van der Waals surface area contributed by atoms with E-state index in [9.17, 15) is 9.59 Å². The second-order valence-corrected chi connectivity index (χ2v) is 6.94. The number of carboxylic acids is 1. The van der Waals surface area contributed by atoms with Crippen LogP contribution < -0.4 is 19.6 Å². The number of carbonyl (C=O) groups excluding carboxylic acids is 1. The molecule has 2 N–H and O–H groups in total. The largest absolute Gasteiger partial charge is 0.496 e. The molecule has 0 amide bonds. The number of methoxy groups -OCH3 is 2. The summed E-state index contributed by atoms with van der Waals surface area (Å²) in [6.07, 6.45) is 2.05. The zero-order valence-corrected chi connectivity index (χ0v) is 18.4. The van der Waals surface area contributed by atoms with Gasteiger partial charge in [0.15, 0.2) is 0 Å². The van der Waals surface area contributed by atoms with Gasteiger partial charge in [0, 0.05) is 23.9 Å². The highest BCUT2D eigenvalue weighted by atomic mass is 32.1. The van der Waals surface area contributed by atoms with E-state index in [-0.39, 0.29) is 25.4 Å². The van der Waals surface area contributed by atoms with Gasteiger partial charge in [-0.05, 0) is 13.3 Å². The molecule has 0 aliphatic carbocycles. The normalized spacial score (nSPS) is 10.7. The van der Waals surface area contributed by atoms with Crippen LogP contribution in [0.2, 0.25) is 0 Å². The highest BCUT2D eigenvalue weighted by Gasteiger charge is 2.13. The lowest BCUT2D eigenvalue weighted by molar-refractivity contribution is -0.142. The number of hydrogen-bond acceptors (Lipinski definition) is 10. The van der Waals surface area contributed by atoms with Gasteiger partial charge in [0.2, 0.25) is 5.13 Å². The van der Waals surface area contributed by atoms with Crippen LogP contribution in [-0.2, 0) is 20.7 Å². The third kappa shape index (κ3) is 7.78. The van der Waals surface area contributed by atoms with Gasteiger partial charge in [0.1, 0.15) is 17.2 Å². The van der Waals surface area contributed by atoms with Crippen molar-refractivity contribution in [3.63, 3.8) is 0 Å². The number of esters is 1. The maximum atomic E-state index is 11.5. The smallest absolute Gasteiger partial charge is 0.311 e. The first-order valence-electron chi connectivity index (χ1n) is 9.46. The van der Waals surface area contributed by atoms with Crippen LogP contribution in [0.4, 0.5) is 5.13 Å². The molecule has 1 heterocycles. The van der Waals surface area contributed by atoms with Crippen LogP contribution in [0.3, 0.4) is 0 Å². The molecule has 0 bridgehead atoms. The molecule has 1 aromatic carbocycles. The quantitative estimate of drug-likeness (QED) is 0.204. The minimum Gasteiger partial charge on any atom is -0.496 e. The van der Waals surface area contributed by atoms with Crippen molar-refractivity contribution >= 4 is 34.6 Å². The number of carboxylic acid groups (broad SMARTS) is 1. The van der Waals surface area contributed by atoms with E-state index in [4.69, 9.17) is 24.1 Å². The molecule has 0 saturated heterocycles. The standard InChI is InChI=1S/C20H25N3O7S/c1-4-29-19(26)8-13-12-31-20(22-13)23-21-11-15-16(27-2)9-14(10-17(15)28-3)30-7-5-6-18(24)25/h9-12H,4-8H2,1-3H3,(H,22,23)(H,24,25). The summed E-state index contributed by atoms with van der Waals surface area (Å²) in [5.74, 6) is 0.238. The van der Waals surface area contributed by atoms with Crippen molar-refractivity contribution < 1.29 is 33.6 Å². The van der Waals surface area contributed by atoms with E-state index in [1.807, 2.05) is 0 Å². The van der Waals surface area contributed by atoms with Crippen molar-refractivity contribution in [1.29, 1.82) is 0 Å². The number of aromatic nitrogens is 1. The fourth-order valence-corrected chi connectivity index (χ4v) is 3.15. The molecule has 0 radical (unpaired) electrons. The Morgan fingerprint density at radius 2 is 1.97 bits per heavy atom. The van der Waals surface area contributed by atoms with E-state index in [0.29, 0.717) is 46.7 Å². The third-order valence-electron chi connectivity index (χ3n) is 3.86. The second kappa shape index (κ2) is 12.4. The topological polar surface area (TPSA) is 129 Å². The molecule has 0 aliphatic rings. The Labute approximate surface area is 183 Å². The zero-order valence-electron chi connectivity index (χ0n) is 17.5. The fourth-order valence-electron chi connectivity index (χ4n) is 2.49. The summed E-state index contributed by atoms with van der Waals surface area (Å²) in [5.41, 5.74) is 4.00. The first kappa shape index (κ1) is 23.9. The Bertz CT molecular complexity index is 889. The maximum absolute atomic E-state index is 11.5. The Morgan fingerprint density at radius 1 is 1.26 bits per heavy atom. The molecule has 0 saturated carbocycles. The molecule has 0 spiro atoms. The Kier molecular flexibility index (Phi) is 9.56. The van der Waals surface area contributed by atoms with E-state index >= 15 is 0 Å². The third-order valence-corrected chi connectivity index (χ3v) is 4.65. The number of ether oxygens (including phenoxy) is 4. The lowest BCUT2D eigenvalue weighted by Crippen LogP contribution is -2.07. The van der Waals surface area contributed by atoms with Gasteiger partial charge in [0.05, 0.1) is 51.3 Å². The second-order valence-electron chi connectivity index (χ2n) is 6.08. The molecule has 0 atom stereocenters. The van der Waals surface area contributed by atoms with Crippen LogP contribution in [0.15, 0.2) is 22.6 Å². The average molecular weight is 452 g/mol. The minimum atomic E-state index is -0.869. The molecule has 168 valence electrons. The number of benzene rings is 1. The van der Waals surface area contributed by atoms with Crippen molar-refractivity contribution in [1.82, 2.24) is 4.98 Å². The molecule has 2 rings (SSSR count). The van der Waals surface area contributed by atoms with Crippen LogP contribution in [0.25, 0.3) is 0 Å². The molecule has 0 aliphatic heterocycles.